The molecule has 0 radical (unpaired) electrons. The van der Waals surface area contributed by atoms with Gasteiger partial charge in [0.1, 0.15) is 4.83 Å². The molecule has 1 aromatic carbocycles. The molecular formula is C23H27N3O2S2. The van der Waals surface area contributed by atoms with Crippen molar-refractivity contribution >= 4 is 39.2 Å². The molecule has 1 unspecified atom stereocenters. The molecule has 30 heavy (non-hydrogen) atoms. The minimum Gasteiger partial charge on any atom is -0.343 e. The van der Waals surface area contributed by atoms with Gasteiger partial charge in [0, 0.05) is 18.0 Å². The van der Waals surface area contributed by atoms with Crippen LogP contribution in [0.4, 0.5) is 0 Å². The lowest BCUT2D eigenvalue weighted by molar-refractivity contribution is -0.127. The van der Waals surface area contributed by atoms with Crippen molar-refractivity contribution in [2.75, 3.05) is 18.8 Å². The van der Waals surface area contributed by atoms with Gasteiger partial charge < -0.3 is 4.90 Å². The van der Waals surface area contributed by atoms with Crippen molar-refractivity contribution in [2.45, 2.75) is 45.2 Å². The van der Waals surface area contributed by atoms with Crippen LogP contribution in [-0.4, -0.2) is 39.2 Å². The topological polar surface area (TPSA) is 55.2 Å². The van der Waals surface area contributed by atoms with Crippen molar-refractivity contribution in [2.24, 2.45) is 5.92 Å². The Balaban J connectivity index is 1.82. The maximum Gasteiger partial charge on any atom is 0.267 e. The largest absolute Gasteiger partial charge is 0.343 e. The number of thioether (sulfide) groups is 1. The van der Waals surface area contributed by atoms with Crippen molar-refractivity contribution in [3.05, 3.63) is 51.1 Å². The summed E-state index contributed by atoms with van der Waals surface area (Å²) in [4.78, 5) is 35.1. The SMILES string of the molecule is CCN(CC)C(=O)CSc1nc2sc3c(c2c(=O)n1-c1ccccc1)CCC(C)C3. The van der Waals surface area contributed by atoms with E-state index in [2.05, 4.69) is 6.92 Å². The fourth-order valence-electron chi connectivity index (χ4n) is 4.07. The van der Waals surface area contributed by atoms with E-state index < -0.39 is 0 Å². The highest BCUT2D eigenvalue weighted by molar-refractivity contribution is 7.99. The van der Waals surface area contributed by atoms with Gasteiger partial charge in [0.05, 0.1) is 16.8 Å². The molecule has 0 fully saturated rings. The minimum atomic E-state index is -0.0176. The Hall–Kier alpha value is -2.12. The van der Waals surface area contributed by atoms with E-state index in [4.69, 9.17) is 4.98 Å². The van der Waals surface area contributed by atoms with Crippen molar-refractivity contribution in [3.63, 3.8) is 0 Å². The van der Waals surface area contributed by atoms with Crippen LogP contribution in [0.15, 0.2) is 40.3 Å². The molecule has 2 aromatic heterocycles. The van der Waals surface area contributed by atoms with Crippen molar-refractivity contribution in [3.8, 4) is 5.69 Å². The summed E-state index contributed by atoms with van der Waals surface area (Å²) in [6, 6.07) is 9.63. The van der Waals surface area contributed by atoms with Crippen LogP contribution < -0.4 is 5.56 Å². The molecule has 7 heteroatoms. The van der Waals surface area contributed by atoms with E-state index in [1.165, 1.54) is 22.2 Å². The maximum atomic E-state index is 13.7. The second-order valence-corrected chi connectivity index (χ2v) is 9.78. The number of amides is 1. The molecule has 4 rings (SSSR count). The molecule has 1 aliphatic carbocycles. The molecule has 0 N–H and O–H groups in total. The number of rotatable bonds is 6. The third kappa shape index (κ3) is 3.93. The molecular weight excluding hydrogens is 414 g/mol. The first kappa shape index (κ1) is 21.1. The monoisotopic (exact) mass is 441 g/mol. The number of carbonyl (C=O) groups excluding carboxylic acids is 1. The summed E-state index contributed by atoms with van der Waals surface area (Å²) in [5.74, 6) is 0.981. The van der Waals surface area contributed by atoms with Gasteiger partial charge in [-0.2, -0.15) is 0 Å². The lowest BCUT2D eigenvalue weighted by atomic mass is 9.89. The highest BCUT2D eigenvalue weighted by atomic mass is 32.2. The lowest BCUT2D eigenvalue weighted by Gasteiger charge is -2.19. The molecule has 0 spiro atoms. The molecule has 1 amide bonds. The highest BCUT2D eigenvalue weighted by Crippen LogP contribution is 2.37. The highest BCUT2D eigenvalue weighted by Gasteiger charge is 2.25. The van der Waals surface area contributed by atoms with E-state index in [0.717, 1.165) is 35.2 Å². The first-order valence-corrected chi connectivity index (χ1v) is 12.4. The summed E-state index contributed by atoms with van der Waals surface area (Å²) in [5.41, 5.74) is 1.96. The number of carbonyl (C=O) groups is 1. The molecule has 1 atom stereocenters. The van der Waals surface area contributed by atoms with E-state index in [1.807, 2.05) is 49.1 Å². The zero-order valence-corrected chi connectivity index (χ0v) is 19.3. The zero-order valence-electron chi connectivity index (χ0n) is 17.7. The van der Waals surface area contributed by atoms with Gasteiger partial charge in [-0.15, -0.1) is 11.3 Å². The Bertz CT molecular complexity index is 1120. The molecule has 3 aromatic rings. The number of thiophene rings is 1. The normalized spacial score (nSPS) is 15.9. The van der Waals surface area contributed by atoms with Crippen LogP contribution >= 0.6 is 23.1 Å². The van der Waals surface area contributed by atoms with Crippen LogP contribution in [0.25, 0.3) is 15.9 Å². The Morgan fingerprint density at radius 2 is 2.00 bits per heavy atom. The van der Waals surface area contributed by atoms with Gasteiger partial charge >= 0.3 is 0 Å². The Labute approximate surface area is 185 Å². The van der Waals surface area contributed by atoms with Gasteiger partial charge in [-0.05, 0) is 56.7 Å². The van der Waals surface area contributed by atoms with Gasteiger partial charge in [0.15, 0.2) is 5.16 Å². The predicted molar refractivity (Wildman–Crippen MR) is 125 cm³/mol. The number of benzene rings is 1. The van der Waals surface area contributed by atoms with Crippen molar-refractivity contribution in [1.82, 2.24) is 14.5 Å². The molecule has 0 saturated heterocycles. The molecule has 5 nitrogen and oxygen atoms in total. The van der Waals surface area contributed by atoms with Crippen LogP contribution in [0, 0.1) is 5.92 Å². The number of aromatic nitrogens is 2. The van der Waals surface area contributed by atoms with Gasteiger partial charge in [-0.3, -0.25) is 14.2 Å². The number of hydrogen-bond donors (Lipinski definition) is 0. The van der Waals surface area contributed by atoms with Crippen LogP contribution in [0.2, 0.25) is 0 Å². The lowest BCUT2D eigenvalue weighted by Crippen LogP contribution is -2.32. The van der Waals surface area contributed by atoms with Gasteiger partial charge in [0.25, 0.3) is 5.56 Å². The van der Waals surface area contributed by atoms with E-state index in [0.29, 0.717) is 24.2 Å². The number of para-hydroxylation sites is 1. The fourth-order valence-corrected chi connectivity index (χ4v) is 6.41. The van der Waals surface area contributed by atoms with Crippen molar-refractivity contribution in [1.29, 1.82) is 0 Å². The number of hydrogen-bond acceptors (Lipinski definition) is 5. The van der Waals surface area contributed by atoms with Crippen molar-refractivity contribution < 1.29 is 4.79 Å². The molecule has 1 aliphatic rings. The molecule has 2 heterocycles. The number of fused-ring (bicyclic) bond motifs is 3. The van der Waals surface area contributed by atoms with Crippen LogP contribution in [0.3, 0.4) is 0 Å². The maximum absolute atomic E-state index is 13.7. The van der Waals surface area contributed by atoms with Crippen LogP contribution in [0.5, 0.6) is 0 Å². The minimum absolute atomic E-state index is 0.0176. The summed E-state index contributed by atoms with van der Waals surface area (Å²) < 4.78 is 1.69. The second-order valence-electron chi connectivity index (χ2n) is 7.76. The van der Waals surface area contributed by atoms with Crippen LogP contribution in [-0.2, 0) is 17.6 Å². The summed E-state index contributed by atoms with van der Waals surface area (Å²) in [6.07, 6.45) is 3.07. The van der Waals surface area contributed by atoms with E-state index >= 15 is 0 Å². The molecule has 158 valence electrons. The van der Waals surface area contributed by atoms with E-state index in [-0.39, 0.29) is 17.2 Å². The summed E-state index contributed by atoms with van der Waals surface area (Å²) >= 11 is 3.00. The first-order valence-electron chi connectivity index (χ1n) is 10.6. The summed E-state index contributed by atoms with van der Waals surface area (Å²) in [5, 5.41) is 1.36. The molecule has 0 saturated carbocycles. The first-order chi connectivity index (χ1) is 14.5. The smallest absolute Gasteiger partial charge is 0.267 e. The van der Waals surface area contributed by atoms with Gasteiger partial charge in [-0.1, -0.05) is 36.9 Å². The van der Waals surface area contributed by atoms with E-state index in [9.17, 15) is 9.59 Å². The van der Waals surface area contributed by atoms with Crippen LogP contribution in [0.1, 0.15) is 37.6 Å². The Morgan fingerprint density at radius 3 is 2.70 bits per heavy atom. The van der Waals surface area contributed by atoms with Gasteiger partial charge in [-0.25, -0.2) is 4.98 Å². The van der Waals surface area contributed by atoms with Gasteiger partial charge in [0.2, 0.25) is 5.91 Å². The number of nitrogens with zero attached hydrogens (tertiary/aromatic N) is 3. The third-order valence-corrected chi connectivity index (χ3v) is 7.83. The van der Waals surface area contributed by atoms with E-state index in [1.54, 1.807) is 15.9 Å². The Morgan fingerprint density at radius 1 is 1.27 bits per heavy atom. The molecule has 0 aliphatic heterocycles. The molecule has 0 bridgehead atoms. The average Bonchev–Trinajstić information content (AvgIpc) is 3.11. The second kappa shape index (κ2) is 8.94. The predicted octanol–water partition coefficient (Wildman–Crippen LogP) is 4.53. The fraction of sp³-hybridized carbons (Fsp3) is 0.435. The summed E-state index contributed by atoms with van der Waals surface area (Å²) in [7, 11) is 0. The zero-order chi connectivity index (χ0) is 21.3. The quantitative estimate of drug-likeness (QED) is 0.416. The Kier molecular flexibility index (Phi) is 6.29. The standard InChI is InChI=1S/C23H27N3O2S2/c1-4-25(5-2)19(27)14-29-23-24-21-20(17-12-11-15(3)13-18(17)30-21)22(28)26(23)16-9-7-6-8-10-16/h6-10,15H,4-5,11-14H2,1-3H3. The third-order valence-electron chi connectivity index (χ3n) is 5.75. The number of aryl methyl sites for hydroxylation is 1. The average molecular weight is 442 g/mol. The summed E-state index contributed by atoms with van der Waals surface area (Å²) in [6.45, 7) is 7.59.